The van der Waals surface area contributed by atoms with Gasteiger partial charge in [0.2, 0.25) is 0 Å². The molecule has 0 radical (unpaired) electrons. The lowest BCUT2D eigenvalue weighted by Gasteiger charge is -2.27. The Bertz CT molecular complexity index is 594. The molecule has 0 bridgehead atoms. The number of esters is 1. The van der Waals surface area contributed by atoms with Crippen molar-refractivity contribution < 1.29 is 9.53 Å². The van der Waals surface area contributed by atoms with Crippen molar-refractivity contribution in [2.45, 2.75) is 18.8 Å². The lowest BCUT2D eigenvalue weighted by molar-refractivity contribution is -0.141. The Kier molecular flexibility index (Phi) is 3.86. The number of carbonyl (C=O) groups excluding carboxylic acids is 1. The van der Waals surface area contributed by atoms with Gasteiger partial charge in [-0.25, -0.2) is 0 Å². The minimum atomic E-state index is -0.392. The van der Waals surface area contributed by atoms with Crippen LogP contribution in [0.15, 0.2) is 42.5 Å². The van der Waals surface area contributed by atoms with Gasteiger partial charge < -0.3 is 10.5 Å². The number of hydrogen-bond acceptors (Lipinski definition) is 3. The van der Waals surface area contributed by atoms with Gasteiger partial charge in [-0.1, -0.05) is 49.4 Å². The number of methoxy groups -OCH3 is 1. The molecule has 0 spiro atoms. The maximum atomic E-state index is 11.5. The fourth-order valence-electron chi connectivity index (χ4n) is 2.25. The number of carbonyl (C=O) groups is 1. The van der Waals surface area contributed by atoms with Crippen LogP contribution < -0.4 is 5.73 Å². The molecule has 0 amide bonds. The lowest BCUT2D eigenvalue weighted by Crippen LogP contribution is -2.34. The predicted molar refractivity (Wildman–Crippen MR) is 77.0 cm³/mol. The highest BCUT2D eigenvalue weighted by Crippen LogP contribution is 2.29. The van der Waals surface area contributed by atoms with E-state index in [-0.39, 0.29) is 5.97 Å². The van der Waals surface area contributed by atoms with Crippen molar-refractivity contribution in [3.05, 3.63) is 48.0 Å². The van der Waals surface area contributed by atoms with Crippen LogP contribution in [0, 0.1) is 0 Å². The second-order valence-electron chi connectivity index (χ2n) is 5.08. The summed E-state index contributed by atoms with van der Waals surface area (Å²) in [5.74, 6) is -0.235. The number of rotatable bonds is 4. The van der Waals surface area contributed by atoms with Gasteiger partial charge in [-0.3, -0.25) is 4.79 Å². The lowest BCUT2D eigenvalue weighted by atomic mass is 9.79. The van der Waals surface area contributed by atoms with Crippen LogP contribution in [0.1, 0.15) is 18.9 Å². The van der Waals surface area contributed by atoms with Crippen LogP contribution in [0.4, 0.5) is 0 Å². The molecule has 1 atom stereocenters. The summed E-state index contributed by atoms with van der Waals surface area (Å²) >= 11 is 0. The molecule has 1 unspecified atom stereocenters. The first-order chi connectivity index (χ1) is 9.09. The Morgan fingerprint density at radius 1 is 1.21 bits per heavy atom. The molecule has 3 heteroatoms. The topological polar surface area (TPSA) is 52.3 Å². The fourth-order valence-corrected chi connectivity index (χ4v) is 2.25. The first-order valence-corrected chi connectivity index (χ1v) is 6.35. The van der Waals surface area contributed by atoms with Crippen molar-refractivity contribution in [3.63, 3.8) is 0 Å². The van der Waals surface area contributed by atoms with Gasteiger partial charge in [-0.05, 0) is 16.3 Å². The number of benzene rings is 2. The molecule has 0 heterocycles. The van der Waals surface area contributed by atoms with Gasteiger partial charge in [0.1, 0.15) is 0 Å². The Hall–Kier alpha value is -1.87. The van der Waals surface area contributed by atoms with Gasteiger partial charge in [0.05, 0.1) is 13.5 Å². The van der Waals surface area contributed by atoms with E-state index < -0.39 is 5.41 Å². The average Bonchev–Trinajstić information content (AvgIpc) is 2.46. The molecule has 3 nitrogen and oxygen atoms in total. The monoisotopic (exact) mass is 257 g/mol. The SMILES string of the molecule is COC(=O)CC(C)(CN)c1ccc2ccccc2c1. The molecule has 0 aromatic heterocycles. The van der Waals surface area contributed by atoms with E-state index in [9.17, 15) is 4.79 Å². The molecule has 2 aromatic rings. The van der Waals surface area contributed by atoms with Gasteiger partial charge in [0.25, 0.3) is 0 Å². The molecule has 2 aromatic carbocycles. The van der Waals surface area contributed by atoms with E-state index in [1.165, 1.54) is 12.5 Å². The van der Waals surface area contributed by atoms with E-state index in [0.29, 0.717) is 13.0 Å². The van der Waals surface area contributed by atoms with Gasteiger partial charge in [-0.15, -0.1) is 0 Å². The van der Waals surface area contributed by atoms with E-state index in [1.54, 1.807) is 0 Å². The Balaban J connectivity index is 2.42. The largest absolute Gasteiger partial charge is 0.469 e. The molecule has 2 rings (SSSR count). The summed E-state index contributed by atoms with van der Waals surface area (Å²) in [6, 6.07) is 14.4. The molecule has 0 fully saturated rings. The number of ether oxygens (including phenoxy) is 1. The Labute approximate surface area is 113 Å². The van der Waals surface area contributed by atoms with Gasteiger partial charge in [0, 0.05) is 12.0 Å². The molecular formula is C16H19NO2. The molecule has 19 heavy (non-hydrogen) atoms. The predicted octanol–water partition coefficient (Wildman–Crippen LogP) is 2.62. The summed E-state index contributed by atoms with van der Waals surface area (Å²) in [7, 11) is 1.40. The smallest absolute Gasteiger partial charge is 0.306 e. The third kappa shape index (κ3) is 2.76. The van der Waals surface area contributed by atoms with Gasteiger partial charge in [0.15, 0.2) is 0 Å². The van der Waals surface area contributed by atoms with Crippen LogP contribution in [0.25, 0.3) is 10.8 Å². The summed E-state index contributed by atoms with van der Waals surface area (Å²) in [6.45, 7) is 2.40. The van der Waals surface area contributed by atoms with Crippen molar-refractivity contribution in [1.82, 2.24) is 0 Å². The normalized spacial score (nSPS) is 14.1. The minimum absolute atomic E-state index is 0.235. The molecule has 2 N–H and O–H groups in total. The van der Waals surface area contributed by atoms with E-state index in [1.807, 2.05) is 25.1 Å². The fraction of sp³-hybridized carbons (Fsp3) is 0.312. The van der Waals surface area contributed by atoms with Crippen LogP contribution in [0.3, 0.4) is 0 Å². The second kappa shape index (κ2) is 5.41. The van der Waals surface area contributed by atoms with E-state index in [0.717, 1.165) is 10.9 Å². The average molecular weight is 257 g/mol. The third-order valence-corrected chi connectivity index (χ3v) is 3.66. The van der Waals surface area contributed by atoms with Gasteiger partial charge >= 0.3 is 5.97 Å². The highest BCUT2D eigenvalue weighted by Gasteiger charge is 2.28. The van der Waals surface area contributed by atoms with E-state index in [4.69, 9.17) is 10.5 Å². The van der Waals surface area contributed by atoms with Crippen molar-refractivity contribution in [1.29, 1.82) is 0 Å². The quantitative estimate of drug-likeness (QED) is 0.857. The molecule has 0 aliphatic carbocycles. The van der Waals surface area contributed by atoms with Crippen molar-refractivity contribution in [3.8, 4) is 0 Å². The van der Waals surface area contributed by atoms with E-state index >= 15 is 0 Å². The summed E-state index contributed by atoms with van der Waals surface area (Å²) in [5.41, 5.74) is 6.56. The van der Waals surface area contributed by atoms with Crippen LogP contribution in [0.5, 0.6) is 0 Å². The van der Waals surface area contributed by atoms with Crippen LogP contribution in [0.2, 0.25) is 0 Å². The first-order valence-electron chi connectivity index (χ1n) is 6.35. The number of fused-ring (bicyclic) bond motifs is 1. The maximum Gasteiger partial charge on any atom is 0.306 e. The summed E-state index contributed by atoms with van der Waals surface area (Å²) in [4.78, 5) is 11.5. The molecule has 100 valence electrons. The van der Waals surface area contributed by atoms with E-state index in [2.05, 4.69) is 24.3 Å². The highest BCUT2D eigenvalue weighted by molar-refractivity contribution is 5.83. The molecular weight excluding hydrogens is 238 g/mol. The maximum absolute atomic E-state index is 11.5. The Morgan fingerprint density at radius 2 is 1.89 bits per heavy atom. The van der Waals surface area contributed by atoms with Crippen LogP contribution in [-0.2, 0) is 14.9 Å². The molecule has 0 aliphatic heterocycles. The highest BCUT2D eigenvalue weighted by atomic mass is 16.5. The summed E-state index contributed by atoms with van der Waals surface area (Å²) in [6.07, 6.45) is 0.290. The Morgan fingerprint density at radius 3 is 2.53 bits per heavy atom. The standard InChI is InChI=1S/C16H19NO2/c1-16(11-17,10-15(18)19-2)14-8-7-12-5-3-4-6-13(12)9-14/h3-9H,10-11,17H2,1-2H3. The summed E-state index contributed by atoms with van der Waals surface area (Å²) in [5, 5.41) is 2.34. The second-order valence-corrected chi connectivity index (χ2v) is 5.08. The molecule has 0 saturated heterocycles. The van der Waals surface area contributed by atoms with Crippen LogP contribution >= 0.6 is 0 Å². The van der Waals surface area contributed by atoms with Crippen molar-refractivity contribution in [2.75, 3.05) is 13.7 Å². The van der Waals surface area contributed by atoms with Crippen molar-refractivity contribution >= 4 is 16.7 Å². The van der Waals surface area contributed by atoms with Gasteiger partial charge in [-0.2, -0.15) is 0 Å². The number of hydrogen-bond donors (Lipinski definition) is 1. The van der Waals surface area contributed by atoms with Crippen LogP contribution in [-0.4, -0.2) is 19.6 Å². The third-order valence-electron chi connectivity index (χ3n) is 3.66. The molecule has 0 saturated carbocycles. The minimum Gasteiger partial charge on any atom is -0.469 e. The zero-order valence-corrected chi connectivity index (χ0v) is 11.3. The zero-order valence-electron chi connectivity index (χ0n) is 11.3. The zero-order chi connectivity index (χ0) is 13.9. The van der Waals surface area contributed by atoms with Crippen molar-refractivity contribution in [2.24, 2.45) is 5.73 Å². The first kappa shape index (κ1) is 13.6. The summed E-state index contributed by atoms with van der Waals surface area (Å²) < 4.78 is 4.76. The molecule has 0 aliphatic rings. The number of nitrogens with two attached hydrogens (primary N) is 1.